The van der Waals surface area contributed by atoms with E-state index in [0.717, 1.165) is 10.6 Å². The van der Waals surface area contributed by atoms with Crippen LogP contribution in [0.15, 0.2) is 36.4 Å². The van der Waals surface area contributed by atoms with E-state index < -0.39 is 27.4 Å². The Labute approximate surface area is 162 Å². The largest absolute Gasteiger partial charge is 0.324 e. The number of amides is 1. The van der Waals surface area contributed by atoms with Crippen LogP contribution in [0.25, 0.3) is 0 Å². The molecule has 0 radical (unpaired) electrons. The van der Waals surface area contributed by atoms with Crippen LogP contribution in [0.3, 0.4) is 0 Å². The van der Waals surface area contributed by atoms with Gasteiger partial charge in [0.25, 0.3) is 5.69 Å². The number of aryl methyl sites for hydroxylation is 2. The Bertz CT molecular complexity index is 1010. The van der Waals surface area contributed by atoms with Crippen LogP contribution in [0.4, 0.5) is 17.1 Å². The Morgan fingerprint density at radius 1 is 1.19 bits per heavy atom. The van der Waals surface area contributed by atoms with E-state index in [1.807, 2.05) is 0 Å². The lowest BCUT2D eigenvalue weighted by atomic mass is 10.2. The number of nitrogens with zero attached hydrogens (tertiary/aromatic N) is 2. The molecular formula is C17H18ClN3O5S. The van der Waals surface area contributed by atoms with Crippen molar-refractivity contribution in [2.45, 2.75) is 13.8 Å². The number of sulfonamides is 1. The lowest BCUT2D eigenvalue weighted by molar-refractivity contribution is -0.384. The van der Waals surface area contributed by atoms with Crippen molar-refractivity contribution < 1.29 is 18.1 Å². The first kappa shape index (κ1) is 20.7. The summed E-state index contributed by atoms with van der Waals surface area (Å²) < 4.78 is 25.4. The molecule has 10 heteroatoms. The molecule has 2 aromatic carbocycles. The van der Waals surface area contributed by atoms with E-state index >= 15 is 0 Å². The van der Waals surface area contributed by atoms with Gasteiger partial charge in [-0.25, -0.2) is 8.42 Å². The first-order valence-corrected chi connectivity index (χ1v) is 10.0. The summed E-state index contributed by atoms with van der Waals surface area (Å²) in [6.07, 6.45) is 0.985. The number of hydrogen-bond acceptors (Lipinski definition) is 5. The number of non-ortho nitro benzene ring substituents is 1. The Morgan fingerprint density at radius 3 is 2.41 bits per heavy atom. The second-order valence-electron chi connectivity index (χ2n) is 6.00. The fraction of sp³-hybridized carbons (Fsp3) is 0.235. The van der Waals surface area contributed by atoms with E-state index in [1.165, 1.54) is 24.3 Å². The van der Waals surface area contributed by atoms with Crippen molar-refractivity contribution in [1.29, 1.82) is 0 Å². The lowest BCUT2D eigenvalue weighted by Crippen LogP contribution is -2.38. The summed E-state index contributed by atoms with van der Waals surface area (Å²) in [4.78, 5) is 22.8. The maximum atomic E-state index is 12.5. The summed E-state index contributed by atoms with van der Waals surface area (Å²) in [7, 11) is -3.77. The summed E-state index contributed by atoms with van der Waals surface area (Å²) in [5, 5.41) is 13.8. The number of hydrogen-bond donors (Lipinski definition) is 1. The zero-order valence-electron chi connectivity index (χ0n) is 14.9. The van der Waals surface area contributed by atoms with Gasteiger partial charge in [-0.05, 0) is 37.1 Å². The minimum absolute atomic E-state index is 0.179. The zero-order valence-corrected chi connectivity index (χ0v) is 16.5. The lowest BCUT2D eigenvalue weighted by Gasteiger charge is -2.24. The summed E-state index contributed by atoms with van der Waals surface area (Å²) in [6, 6.07) is 8.78. The van der Waals surface area contributed by atoms with Crippen LogP contribution in [0.5, 0.6) is 0 Å². The van der Waals surface area contributed by atoms with Crippen molar-refractivity contribution in [2.75, 3.05) is 22.4 Å². The van der Waals surface area contributed by atoms with Crippen LogP contribution in [0, 0.1) is 24.0 Å². The number of anilines is 2. The number of nitrogens with one attached hydrogen (secondary N) is 1. The highest BCUT2D eigenvalue weighted by Crippen LogP contribution is 2.27. The molecule has 1 N–H and O–H groups in total. The molecule has 1 amide bonds. The molecule has 0 heterocycles. The van der Waals surface area contributed by atoms with Crippen LogP contribution >= 0.6 is 11.6 Å². The number of nitro benzene ring substituents is 1. The number of nitro groups is 1. The summed E-state index contributed by atoms with van der Waals surface area (Å²) >= 11 is 5.96. The molecule has 0 unspecified atom stereocenters. The molecule has 0 atom stereocenters. The average Bonchev–Trinajstić information content (AvgIpc) is 2.56. The van der Waals surface area contributed by atoms with Gasteiger partial charge in [0.15, 0.2) is 0 Å². The van der Waals surface area contributed by atoms with Crippen LogP contribution in [0.2, 0.25) is 5.02 Å². The summed E-state index contributed by atoms with van der Waals surface area (Å²) in [5.41, 5.74) is 1.59. The standard InChI is InChI=1S/C17H18ClN3O5S/c1-11-5-7-14(21(23)24)9-15(11)19-17(22)10-20(27(3,25)26)16-8-13(18)6-4-12(16)2/h4-9H,10H2,1-3H3,(H,19,22). The number of halogens is 1. The van der Waals surface area contributed by atoms with Gasteiger partial charge in [-0.15, -0.1) is 0 Å². The Hall–Kier alpha value is -2.65. The highest BCUT2D eigenvalue weighted by Gasteiger charge is 2.23. The van der Waals surface area contributed by atoms with Crippen LogP contribution in [-0.2, 0) is 14.8 Å². The van der Waals surface area contributed by atoms with Crippen molar-refractivity contribution in [3.8, 4) is 0 Å². The fourth-order valence-corrected chi connectivity index (χ4v) is 3.48. The number of carbonyl (C=O) groups is 1. The van der Waals surface area contributed by atoms with E-state index in [0.29, 0.717) is 16.1 Å². The van der Waals surface area contributed by atoms with Crippen molar-refractivity contribution >= 4 is 44.6 Å². The van der Waals surface area contributed by atoms with Gasteiger partial charge in [0.1, 0.15) is 6.54 Å². The zero-order chi connectivity index (χ0) is 20.4. The maximum Gasteiger partial charge on any atom is 0.271 e. The first-order chi connectivity index (χ1) is 12.5. The third-order valence-corrected chi connectivity index (χ3v) is 5.20. The van der Waals surface area contributed by atoms with Gasteiger partial charge in [0.05, 0.1) is 22.6 Å². The normalized spacial score (nSPS) is 11.1. The molecule has 0 aliphatic rings. The third-order valence-electron chi connectivity index (χ3n) is 3.83. The molecule has 0 aromatic heterocycles. The number of rotatable bonds is 6. The van der Waals surface area contributed by atoms with Crippen molar-refractivity contribution in [2.24, 2.45) is 0 Å². The van der Waals surface area contributed by atoms with Gasteiger partial charge < -0.3 is 5.32 Å². The van der Waals surface area contributed by atoms with Gasteiger partial charge in [0.2, 0.25) is 15.9 Å². The maximum absolute atomic E-state index is 12.5. The smallest absolute Gasteiger partial charge is 0.271 e. The van der Waals surface area contributed by atoms with E-state index in [1.54, 1.807) is 26.0 Å². The topological polar surface area (TPSA) is 110 Å². The van der Waals surface area contributed by atoms with Crippen LogP contribution in [0.1, 0.15) is 11.1 Å². The van der Waals surface area contributed by atoms with E-state index in [9.17, 15) is 23.3 Å². The van der Waals surface area contributed by atoms with Gasteiger partial charge in [-0.3, -0.25) is 19.2 Å². The van der Waals surface area contributed by atoms with E-state index in [-0.39, 0.29) is 17.1 Å². The number of benzene rings is 2. The third kappa shape index (κ3) is 5.18. The average molecular weight is 412 g/mol. The van der Waals surface area contributed by atoms with Crippen molar-refractivity contribution in [3.63, 3.8) is 0 Å². The molecule has 8 nitrogen and oxygen atoms in total. The van der Waals surface area contributed by atoms with E-state index in [4.69, 9.17) is 11.6 Å². The summed E-state index contributed by atoms with van der Waals surface area (Å²) in [6.45, 7) is 2.88. The predicted molar refractivity (Wildman–Crippen MR) is 105 cm³/mol. The van der Waals surface area contributed by atoms with E-state index in [2.05, 4.69) is 5.32 Å². The SMILES string of the molecule is Cc1ccc([N+](=O)[O-])cc1NC(=O)CN(c1cc(Cl)ccc1C)S(C)(=O)=O. The Balaban J connectivity index is 2.32. The number of carbonyl (C=O) groups excluding carboxylic acids is 1. The first-order valence-electron chi connectivity index (χ1n) is 7.78. The molecule has 27 heavy (non-hydrogen) atoms. The monoisotopic (exact) mass is 411 g/mol. The minimum atomic E-state index is -3.77. The van der Waals surface area contributed by atoms with Gasteiger partial charge in [0, 0.05) is 17.2 Å². The second-order valence-corrected chi connectivity index (χ2v) is 8.35. The molecule has 0 aliphatic carbocycles. The van der Waals surface area contributed by atoms with Crippen LogP contribution in [-0.4, -0.2) is 32.0 Å². The summed E-state index contributed by atoms with van der Waals surface area (Å²) in [5.74, 6) is -0.636. The molecule has 0 spiro atoms. The molecular weight excluding hydrogens is 394 g/mol. The fourth-order valence-electron chi connectivity index (χ4n) is 2.41. The molecule has 0 aliphatic heterocycles. The Kier molecular flexibility index (Phi) is 6.07. The van der Waals surface area contributed by atoms with Crippen molar-refractivity contribution in [1.82, 2.24) is 0 Å². The minimum Gasteiger partial charge on any atom is -0.324 e. The molecule has 0 fully saturated rings. The second kappa shape index (κ2) is 7.93. The van der Waals surface area contributed by atoms with Gasteiger partial charge in [-0.2, -0.15) is 0 Å². The predicted octanol–water partition coefficient (Wildman–Crippen LogP) is 3.27. The Morgan fingerprint density at radius 2 is 1.81 bits per heavy atom. The quantitative estimate of drug-likeness (QED) is 0.579. The van der Waals surface area contributed by atoms with Gasteiger partial charge in [-0.1, -0.05) is 23.7 Å². The molecule has 2 aromatic rings. The van der Waals surface area contributed by atoms with Gasteiger partial charge >= 0.3 is 0 Å². The molecule has 0 bridgehead atoms. The molecule has 0 saturated heterocycles. The molecule has 2 rings (SSSR count). The highest BCUT2D eigenvalue weighted by molar-refractivity contribution is 7.92. The molecule has 144 valence electrons. The van der Waals surface area contributed by atoms with Crippen LogP contribution < -0.4 is 9.62 Å². The highest BCUT2D eigenvalue weighted by atomic mass is 35.5. The van der Waals surface area contributed by atoms with Crippen molar-refractivity contribution in [3.05, 3.63) is 62.7 Å². The molecule has 0 saturated carbocycles.